The van der Waals surface area contributed by atoms with E-state index in [9.17, 15) is 4.79 Å². The topological polar surface area (TPSA) is 53.3 Å². The molecule has 0 N–H and O–H groups in total. The molecule has 0 saturated carbocycles. The van der Waals surface area contributed by atoms with E-state index in [1.165, 1.54) is 0 Å². The number of methoxy groups -OCH3 is 1. The van der Waals surface area contributed by atoms with Gasteiger partial charge in [0.1, 0.15) is 0 Å². The number of rotatable bonds is 6. The summed E-state index contributed by atoms with van der Waals surface area (Å²) in [4.78, 5) is 13.7. The Labute approximate surface area is 114 Å². The number of nitrogens with zero attached hydrogens (tertiary/aromatic N) is 2. The summed E-state index contributed by atoms with van der Waals surface area (Å²) in [6, 6.07) is 9.42. The molecule has 1 atom stereocenters. The smallest absolute Gasteiger partial charge is 0.222 e. The second kappa shape index (κ2) is 7.55. The maximum absolute atomic E-state index is 12.0. The Morgan fingerprint density at radius 2 is 2.26 bits per heavy atom. The standard InChI is InChI=1S/C15H20N2O2/c1-12(11-19-3)7-15(18)17(2)10-14-6-4-5-13(8-14)9-16/h4-6,8,12H,7,10-11H2,1-3H3. The summed E-state index contributed by atoms with van der Waals surface area (Å²) in [5.74, 6) is 0.303. The number of hydrogen-bond donors (Lipinski definition) is 0. The van der Waals surface area contributed by atoms with E-state index >= 15 is 0 Å². The molecule has 0 saturated heterocycles. The van der Waals surface area contributed by atoms with Gasteiger partial charge in [0, 0.05) is 33.7 Å². The van der Waals surface area contributed by atoms with E-state index in [-0.39, 0.29) is 11.8 Å². The second-order valence-corrected chi connectivity index (χ2v) is 4.83. The number of nitriles is 1. The van der Waals surface area contributed by atoms with Crippen molar-refractivity contribution in [1.82, 2.24) is 4.90 Å². The quantitative estimate of drug-likeness (QED) is 0.787. The minimum Gasteiger partial charge on any atom is -0.384 e. The van der Waals surface area contributed by atoms with Crippen LogP contribution in [0.5, 0.6) is 0 Å². The van der Waals surface area contributed by atoms with Crippen molar-refractivity contribution in [3.8, 4) is 6.07 Å². The Balaban J connectivity index is 2.56. The van der Waals surface area contributed by atoms with Gasteiger partial charge in [0.05, 0.1) is 11.6 Å². The summed E-state index contributed by atoms with van der Waals surface area (Å²) < 4.78 is 5.03. The van der Waals surface area contributed by atoms with Crippen LogP contribution in [0.4, 0.5) is 0 Å². The summed E-state index contributed by atoms with van der Waals surface area (Å²) >= 11 is 0. The van der Waals surface area contributed by atoms with Gasteiger partial charge in [-0.1, -0.05) is 19.1 Å². The third-order valence-electron chi connectivity index (χ3n) is 2.88. The molecule has 1 unspecified atom stereocenters. The van der Waals surface area contributed by atoms with Crippen molar-refractivity contribution < 1.29 is 9.53 Å². The van der Waals surface area contributed by atoms with Gasteiger partial charge in [-0.25, -0.2) is 0 Å². The molecule has 102 valence electrons. The van der Waals surface area contributed by atoms with Crippen LogP contribution >= 0.6 is 0 Å². The summed E-state index contributed by atoms with van der Waals surface area (Å²) in [5.41, 5.74) is 1.58. The first-order chi connectivity index (χ1) is 9.06. The molecule has 0 aliphatic carbocycles. The van der Waals surface area contributed by atoms with E-state index in [4.69, 9.17) is 10.00 Å². The van der Waals surface area contributed by atoms with Crippen LogP contribution in [-0.2, 0) is 16.1 Å². The van der Waals surface area contributed by atoms with Gasteiger partial charge >= 0.3 is 0 Å². The summed E-state index contributed by atoms with van der Waals surface area (Å²) in [7, 11) is 3.42. The average Bonchev–Trinajstić information content (AvgIpc) is 2.39. The molecule has 0 aliphatic heterocycles. The zero-order valence-corrected chi connectivity index (χ0v) is 11.7. The Morgan fingerprint density at radius 1 is 1.53 bits per heavy atom. The zero-order valence-electron chi connectivity index (χ0n) is 11.7. The number of hydrogen-bond acceptors (Lipinski definition) is 3. The molecule has 0 heterocycles. The predicted molar refractivity (Wildman–Crippen MR) is 73.3 cm³/mol. The molecule has 0 fully saturated rings. The highest BCUT2D eigenvalue weighted by Gasteiger charge is 2.13. The largest absolute Gasteiger partial charge is 0.384 e. The van der Waals surface area contributed by atoms with Crippen LogP contribution in [0, 0.1) is 17.2 Å². The van der Waals surface area contributed by atoms with Crippen molar-refractivity contribution in [1.29, 1.82) is 5.26 Å². The molecule has 1 aromatic carbocycles. The molecular weight excluding hydrogens is 240 g/mol. The first kappa shape index (κ1) is 15.2. The monoisotopic (exact) mass is 260 g/mol. The van der Waals surface area contributed by atoms with Gasteiger partial charge in [-0.15, -0.1) is 0 Å². The normalized spacial score (nSPS) is 11.7. The van der Waals surface area contributed by atoms with Crippen molar-refractivity contribution in [3.05, 3.63) is 35.4 Å². The summed E-state index contributed by atoms with van der Waals surface area (Å²) in [5, 5.41) is 8.84. The Hall–Kier alpha value is -1.86. The lowest BCUT2D eigenvalue weighted by molar-refractivity contribution is -0.131. The molecule has 1 amide bonds. The van der Waals surface area contributed by atoms with Crippen molar-refractivity contribution >= 4 is 5.91 Å². The van der Waals surface area contributed by atoms with Gasteiger partial charge in [-0.05, 0) is 23.6 Å². The third kappa shape index (κ3) is 5.11. The van der Waals surface area contributed by atoms with Crippen LogP contribution < -0.4 is 0 Å². The van der Waals surface area contributed by atoms with E-state index in [1.54, 1.807) is 25.1 Å². The van der Waals surface area contributed by atoms with Gasteiger partial charge in [0.15, 0.2) is 0 Å². The number of amides is 1. The molecule has 19 heavy (non-hydrogen) atoms. The van der Waals surface area contributed by atoms with E-state index in [0.717, 1.165) is 5.56 Å². The fourth-order valence-corrected chi connectivity index (χ4v) is 1.90. The number of benzene rings is 1. The molecule has 0 radical (unpaired) electrons. The summed E-state index contributed by atoms with van der Waals surface area (Å²) in [6.45, 7) is 3.10. The molecule has 0 bridgehead atoms. The van der Waals surface area contributed by atoms with Crippen LogP contribution in [0.3, 0.4) is 0 Å². The SMILES string of the molecule is COCC(C)CC(=O)N(C)Cc1cccc(C#N)c1. The first-order valence-electron chi connectivity index (χ1n) is 6.28. The lowest BCUT2D eigenvalue weighted by atomic mass is 10.1. The molecule has 1 rings (SSSR count). The Bertz CT molecular complexity index is 465. The van der Waals surface area contributed by atoms with Crippen molar-refractivity contribution in [2.24, 2.45) is 5.92 Å². The Morgan fingerprint density at radius 3 is 2.89 bits per heavy atom. The molecule has 0 aliphatic rings. The molecule has 0 aromatic heterocycles. The minimum absolute atomic E-state index is 0.0897. The van der Waals surface area contributed by atoms with Crippen molar-refractivity contribution in [3.63, 3.8) is 0 Å². The highest BCUT2D eigenvalue weighted by atomic mass is 16.5. The minimum atomic E-state index is 0.0897. The number of carbonyl (C=O) groups excluding carboxylic acids is 1. The van der Waals surface area contributed by atoms with Crippen molar-refractivity contribution in [2.75, 3.05) is 20.8 Å². The number of carbonyl (C=O) groups is 1. The average molecular weight is 260 g/mol. The van der Waals surface area contributed by atoms with Crippen LogP contribution in [0.1, 0.15) is 24.5 Å². The maximum atomic E-state index is 12.0. The second-order valence-electron chi connectivity index (χ2n) is 4.83. The number of ether oxygens (including phenoxy) is 1. The summed E-state index contributed by atoms with van der Waals surface area (Å²) in [6.07, 6.45) is 0.474. The van der Waals surface area contributed by atoms with Gasteiger partial charge in [0.2, 0.25) is 5.91 Å². The third-order valence-corrected chi connectivity index (χ3v) is 2.88. The van der Waals surface area contributed by atoms with Crippen LogP contribution in [-0.4, -0.2) is 31.6 Å². The lowest BCUT2D eigenvalue weighted by Crippen LogP contribution is -2.28. The van der Waals surface area contributed by atoms with Crippen LogP contribution in [0.25, 0.3) is 0 Å². The lowest BCUT2D eigenvalue weighted by Gasteiger charge is -2.19. The molecule has 1 aromatic rings. The van der Waals surface area contributed by atoms with E-state index in [1.807, 2.05) is 25.1 Å². The zero-order chi connectivity index (χ0) is 14.3. The van der Waals surface area contributed by atoms with Gasteiger partial charge < -0.3 is 9.64 Å². The highest BCUT2D eigenvalue weighted by molar-refractivity contribution is 5.76. The van der Waals surface area contributed by atoms with Crippen LogP contribution in [0.2, 0.25) is 0 Å². The fraction of sp³-hybridized carbons (Fsp3) is 0.467. The van der Waals surface area contributed by atoms with Gasteiger partial charge in [-0.3, -0.25) is 4.79 Å². The fourth-order valence-electron chi connectivity index (χ4n) is 1.90. The van der Waals surface area contributed by atoms with E-state index < -0.39 is 0 Å². The van der Waals surface area contributed by atoms with Gasteiger partial charge in [-0.2, -0.15) is 5.26 Å². The van der Waals surface area contributed by atoms with Crippen molar-refractivity contribution in [2.45, 2.75) is 19.9 Å². The molecular formula is C15H20N2O2. The van der Waals surface area contributed by atoms with Gasteiger partial charge in [0.25, 0.3) is 0 Å². The van der Waals surface area contributed by atoms with E-state index in [2.05, 4.69) is 6.07 Å². The Kier molecular flexibility index (Phi) is 6.04. The molecule has 4 heteroatoms. The predicted octanol–water partition coefficient (Wildman–Crippen LogP) is 2.19. The molecule has 4 nitrogen and oxygen atoms in total. The first-order valence-corrected chi connectivity index (χ1v) is 6.28. The maximum Gasteiger partial charge on any atom is 0.222 e. The highest BCUT2D eigenvalue weighted by Crippen LogP contribution is 2.10. The van der Waals surface area contributed by atoms with E-state index in [0.29, 0.717) is 25.1 Å². The van der Waals surface area contributed by atoms with Crippen LogP contribution in [0.15, 0.2) is 24.3 Å². The molecule has 0 spiro atoms.